The van der Waals surface area contributed by atoms with Gasteiger partial charge in [-0.05, 0) is 57.5 Å². The Kier molecular flexibility index (Phi) is 6.48. The van der Waals surface area contributed by atoms with Crippen molar-refractivity contribution in [3.05, 3.63) is 40.7 Å². The number of thiophene rings is 1. The van der Waals surface area contributed by atoms with Gasteiger partial charge in [-0.1, -0.05) is 30.3 Å². The summed E-state index contributed by atoms with van der Waals surface area (Å²) < 4.78 is 5.51. The number of hydrogen-bond donors (Lipinski definition) is 1. The van der Waals surface area contributed by atoms with E-state index in [1.165, 1.54) is 11.3 Å². The summed E-state index contributed by atoms with van der Waals surface area (Å²) in [5.74, 6) is 0.527. The summed E-state index contributed by atoms with van der Waals surface area (Å²) in [4.78, 5) is 14.8. The van der Waals surface area contributed by atoms with Gasteiger partial charge in [-0.25, -0.2) is 0 Å². The summed E-state index contributed by atoms with van der Waals surface area (Å²) in [6, 6.07) is 8.73. The van der Waals surface area contributed by atoms with Crippen LogP contribution >= 0.6 is 22.9 Å². The van der Waals surface area contributed by atoms with E-state index < -0.39 is 0 Å². The van der Waals surface area contributed by atoms with Crippen molar-refractivity contribution in [2.75, 3.05) is 25.5 Å². The van der Waals surface area contributed by atoms with Crippen LogP contribution in [0.15, 0.2) is 30.8 Å². The van der Waals surface area contributed by atoms with Gasteiger partial charge in [-0.2, -0.15) is 0 Å². The van der Waals surface area contributed by atoms with Crippen LogP contribution in [-0.4, -0.2) is 43.0 Å². The molecule has 4 nitrogen and oxygen atoms in total. The molecule has 28 heavy (non-hydrogen) atoms. The molecule has 1 fully saturated rings. The molecule has 1 aromatic carbocycles. The Morgan fingerprint density at radius 2 is 2.25 bits per heavy atom. The molecule has 1 N–H and O–H groups in total. The van der Waals surface area contributed by atoms with Crippen molar-refractivity contribution in [2.45, 2.75) is 38.3 Å². The minimum Gasteiger partial charge on any atom is -0.483 e. The van der Waals surface area contributed by atoms with Crippen molar-refractivity contribution < 1.29 is 9.53 Å². The third-order valence-corrected chi connectivity index (χ3v) is 7.09. The zero-order chi connectivity index (χ0) is 20.3. The number of likely N-dealkylation sites (tertiary alicyclic amines) is 1. The Bertz CT molecular complexity index is 862. The number of nitrogens with one attached hydrogen (secondary N) is 1. The van der Waals surface area contributed by atoms with Crippen LogP contribution in [0.2, 0.25) is 5.02 Å². The van der Waals surface area contributed by atoms with Gasteiger partial charge in [0.25, 0.3) is 0 Å². The highest BCUT2D eigenvalue weighted by Crippen LogP contribution is 2.46. The molecule has 0 radical (unpaired) electrons. The number of aldehydes is 1. The van der Waals surface area contributed by atoms with E-state index >= 15 is 0 Å². The van der Waals surface area contributed by atoms with E-state index in [1.54, 1.807) is 6.08 Å². The van der Waals surface area contributed by atoms with E-state index in [4.69, 9.17) is 16.3 Å². The van der Waals surface area contributed by atoms with Crippen LogP contribution in [0, 0.1) is 0 Å². The molecule has 0 saturated carbocycles. The monoisotopic (exact) mass is 418 g/mol. The Morgan fingerprint density at radius 1 is 1.46 bits per heavy atom. The quantitative estimate of drug-likeness (QED) is 0.596. The molecule has 1 aliphatic heterocycles. The number of carbonyl (C=O) groups excluding carboxylic acids is 1. The first-order valence-corrected chi connectivity index (χ1v) is 10.6. The van der Waals surface area contributed by atoms with Crippen molar-refractivity contribution in [3.63, 3.8) is 0 Å². The summed E-state index contributed by atoms with van der Waals surface area (Å²) in [7, 11) is 2.19. The van der Waals surface area contributed by atoms with Gasteiger partial charge >= 0.3 is 0 Å². The van der Waals surface area contributed by atoms with Crippen molar-refractivity contribution in [3.8, 4) is 16.2 Å². The first kappa shape index (κ1) is 20.9. The number of halogens is 1. The first-order chi connectivity index (χ1) is 13.4. The van der Waals surface area contributed by atoms with Gasteiger partial charge in [0.15, 0.2) is 12.0 Å². The lowest BCUT2D eigenvalue weighted by Crippen LogP contribution is -2.50. The molecular formula is C22H27ClN2O2S. The standard InChI is InChI=1S/C22H27ClN2O2S/c1-5-18-20(27-12-11-26)19(23)21(28-18)15-7-6-8-16(13-15)24-17-9-10-25(4)22(2,3)14-17/h5-8,11,13,17,24H,1,9-10,12,14H2,2-4H3. The van der Waals surface area contributed by atoms with Crippen LogP contribution in [0.5, 0.6) is 5.75 Å². The third-order valence-electron chi connectivity index (χ3n) is 5.40. The minimum absolute atomic E-state index is 0.0236. The number of hydrogen-bond acceptors (Lipinski definition) is 5. The van der Waals surface area contributed by atoms with E-state index in [0.29, 0.717) is 23.1 Å². The zero-order valence-corrected chi connectivity index (χ0v) is 18.2. The van der Waals surface area contributed by atoms with E-state index in [9.17, 15) is 4.79 Å². The fourth-order valence-corrected chi connectivity index (χ4v) is 5.03. The average molecular weight is 419 g/mol. The minimum atomic E-state index is -0.0236. The Hall–Kier alpha value is -1.82. The van der Waals surface area contributed by atoms with Gasteiger partial charge in [0.1, 0.15) is 11.6 Å². The second-order valence-electron chi connectivity index (χ2n) is 7.77. The highest BCUT2D eigenvalue weighted by Gasteiger charge is 2.32. The van der Waals surface area contributed by atoms with Crippen molar-refractivity contribution in [1.82, 2.24) is 4.90 Å². The van der Waals surface area contributed by atoms with Gasteiger partial charge in [0.05, 0.1) is 9.75 Å². The number of anilines is 1. The molecule has 0 aliphatic carbocycles. The molecule has 2 aromatic rings. The predicted octanol–water partition coefficient (Wildman–Crippen LogP) is 5.57. The first-order valence-electron chi connectivity index (χ1n) is 9.45. The second kappa shape index (κ2) is 8.68. The maximum atomic E-state index is 10.7. The molecule has 0 amide bonds. The molecule has 1 aliphatic rings. The summed E-state index contributed by atoms with van der Waals surface area (Å²) in [6.45, 7) is 9.47. The van der Waals surface area contributed by atoms with Gasteiger partial charge in [0, 0.05) is 23.8 Å². The summed E-state index contributed by atoms with van der Waals surface area (Å²) >= 11 is 8.09. The number of ether oxygens (including phenoxy) is 1. The van der Waals surface area contributed by atoms with Crippen LogP contribution < -0.4 is 10.1 Å². The number of piperidine rings is 1. The van der Waals surface area contributed by atoms with Gasteiger partial charge < -0.3 is 15.0 Å². The van der Waals surface area contributed by atoms with Gasteiger partial charge in [0.2, 0.25) is 0 Å². The van der Waals surface area contributed by atoms with Crippen molar-refractivity contribution in [1.29, 1.82) is 0 Å². The molecule has 1 unspecified atom stereocenters. The summed E-state index contributed by atoms with van der Waals surface area (Å²) in [5.41, 5.74) is 2.30. The Balaban J connectivity index is 1.83. The van der Waals surface area contributed by atoms with Crippen LogP contribution in [0.1, 0.15) is 31.6 Å². The molecular weight excluding hydrogens is 392 g/mol. The maximum Gasteiger partial charge on any atom is 0.157 e. The molecule has 1 atom stereocenters. The topological polar surface area (TPSA) is 41.6 Å². The molecule has 0 bridgehead atoms. The summed E-state index contributed by atoms with van der Waals surface area (Å²) in [5, 5.41) is 4.22. The number of carbonyl (C=O) groups is 1. The van der Waals surface area contributed by atoms with E-state index in [-0.39, 0.29) is 12.1 Å². The number of rotatable bonds is 7. The van der Waals surface area contributed by atoms with E-state index in [2.05, 4.69) is 49.8 Å². The van der Waals surface area contributed by atoms with Crippen molar-refractivity contribution >= 4 is 41.0 Å². The predicted molar refractivity (Wildman–Crippen MR) is 120 cm³/mol. The maximum absolute atomic E-state index is 10.7. The van der Waals surface area contributed by atoms with Crippen LogP contribution in [0.3, 0.4) is 0 Å². The smallest absolute Gasteiger partial charge is 0.157 e. The molecule has 6 heteroatoms. The molecule has 1 saturated heterocycles. The normalized spacial score (nSPS) is 19.2. The second-order valence-corrected chi connectivity index (χ2v) is 9.20. The molecule has 3 rings (SSSR count). The van der Waals surface area contributed by atoms with E-state index in [1.807, 2.05) is 12.1 Å². The molecule has 1 aromatic heterocycles. The Morgan fingerprint density at radius 3 is 2.93 bits per heavy atom. The fraction of sp³-hybridized carbons (Fsp3) is 0.409. The van der Waals surface area contributed by atoms with E-state index in [0.717, 1.165) is 40.4 Å². The third kappa shape index (κ3) is 4.43. The lowest BCUT2D eigenvalue weighted by molar-refractivity contribution is -0.109. The highest BCUT2D eigenvalue weighted by molar-refractivity contribution is 7.17. The van der Waals surface area contributed by atoms with Crippen LogP contribution in [0.25, 0.3) is 16.5 Å². The van der Waals surface area contributed by atoms with Gasteiger partial charge in [-0.15, -0.1) is 11.3 Å². The number of nitrogens with zero attached hydrogens (tertiary/aromatic N) is 1. The largest absolute Gasteiger partial charge is 0.483 e. The zero-order valence-electron chi connectivity index (χ0n) is 16.6. The fourth-order valence-electron chi connectivity index (χ4n) is 3.61. The summed E-state index contributed by atoms with van der Waals surface area (Å²) in [6.07, 6.45) is 4.64. The molecule has 2 heterocycles. The van der Waals surface area contributed by atoms with Gasteiger partial charge in [-0.3, -0.25) is 4.79 Å². The van der Waals surface area contributed by atoms with Crippen molar-refractivity contribution in [2.24, 2.45) is 0 Å². The molecule has 150 valence electrons. The highest BCUT2D eigenvalue weighted by atomic mass is 35.5. The lowest BCUT2D eigenvalue weighted by Gasteiger charge is -2.44. The SMILES string of the molecule is C=Cc1sc(-c2cccc(NC3CCN(C)C(C)(C)C3)c2)c(Cl)c1OCC=O. The van der Waals surface area contributed by atoms with Crippen LogP contribution in [0.4, 0.5) is 5.69 Å². The molecule has 0 spiro atoms. The van der Waals surface area contributed by atoms with Crippen LogP contribution in [-0.2, 0) is 4.79 Å². The Labute approximate surface area is 176 Å². The lowest BCUT2D eigenvalue weighted by atomic mass is 9.87. The average Bonchev–Trinajstić information content (AvgIpc) is 2.98. The number of benzene rings is 1.